The van der Waals surface area contributed by atoms with Crippen LogP contribution in [0.25, 0.3) is 21.3 Å². The molecule has 0 saturated carbocycles. The Morgan fingerprint density at radius 2 is 1.93 bits per heavy atom. The number of pyridine rings is 1. The summed E-state index contributed by atoms with van der Waals surface area (Å²) in [4.78, 5) is 22.3. The Morgan fingerprint density at radius 1 is 1.07 bits per heavy atom. The van der Waals surface area contributed by atoms with E-state index in [0.29, 0.717) is 11.4 Å². The van der Waals surface area contributed by atoms with Gasteiger partial charge in [-0.2, -0.15) is 0 Å². The van der Waals surface area contributed by atoms with Crippen molar-refractivity contribution in [2.45, 2.75) is 12.8 Å². The SMILES string of the molecule is Cc1cc(-c2nc3c(s2)C(=O)NCC3c2ccc3ccccc3c2)ccn1. The molecular weight excluding hydrogens is 354 g/mol. The monoisotopic (exact) mass is 371 g/mol. The third-order valence-corrected chi connectivity index (χ3v) is 6.09. The molecular formula is C22H17N3OS. The molecule has 132 valence electrons. The molecule has 1 unspecified atom stereocenters. The molecule has 0 saturated heterocycles. The van der Waals surface area contributed by atoms with Gasteiger partial charge in [0.1, 0.15) is 9.88 Å². The lowest BCUT2D eigenvalue weighted by atomic mass is 9.91. The van der Waals surface area contributed by atoms with Gasteiger partial charge in [-0.05, 0) is 35.4 Å². The Morgan fingerprint density at radius 3 is 2.78 bits per heavy atom. The van der Waals surface area contributed by atoms with Gasteiger partial charge in [0.05, 0.1) is 5.69 Å². The summed E-state index contributed by atoms with van der Waals surface area (Å²) in [5.74, 6) is 0.0341. The second-order valence-electron chi connectivity index (χ2n) is 6.79. The van der Waals surface area contributed by atoms with Crippen molar-refractivity contribution in [1.82, 2.24) is 15.3 Å². The topological polar surface area (TPSA) is 54.9 Å². The van der Waals surface area contributed by atoms with E-state index in [-0.39, 0.29) is 11.8 Å². The lowest BCUT2D eigenvalue weighted by Crippen LogP contribution is -2.34. The van der Waals surface area contributed by atoms with E-state index in [4.69, 9.17) is 4.98 Å². The maximum absolute atomic E-state index is 12.4. The molecule has 5 heteroatoms. The molecule has 1 aliphatic rings. The quantitative estimate of drug-likeness (QED) is 0.563. The number of benzene rings is 2. The maximum atomic E-state index is 12.4. The summed E-state index contributed by atoms with van der Waals surface area (Å²) in [6, 6.07) is 18.8. The van der Waals surface area contributed by atoms with Crippen molar-refractivity contribution in [2.24, 2.45) is 0 Å². The highest BCUT2D eigenvalue weighted by molar-refractivity contribution is 7.17. The first-order valence-corrected chi connectivity index (χ1v) is 9.71. The van der Waals surface area contributed by atoms with Crippen LogP contribution >= 0.6 is 11.3 Å². The number of amides is 1. The molecule has 0 bridgehead atoms. The number of fused-ring (bicyclic) bond motifs is 2. The van der Waals surface area contributed by atoms with Crippen molar-refractivity contribution in [3.8, 4) is 10.6 Å². The minimum absolute atomic E-state index is 0.0310. The van der Waals surface area contributed by atoms with Crippen molar-refractivity contribution in [1.29, 1.82) is 0 Å². The molecule has 1 atom stereocenters. The second kappa shape index (κ2) is 6.28. The van der Waals surface area contributed by atoms with Crippen LogP contribution in [0.15, 0.2) is 60.8 Å². The van der Waals surface area contributed by atoms with Crippen LogP contribution in [-0.2, 0) is 0 Å². The number of carbonyl (C=O) groups excluding carboxylic acids is 1. The van der Waals surface area contributed by atoms with Gasteiger partial charge in [-0.25, -0.2) is 4.98 Å². The van der Waals surface area contributed by atoms with E-state index in [9.17, 15) is 4.79 Å². The summed E-state index contributed by atoms with van der Waals surface area (Å²) in [7, 11) is 0. The molecule has 0 spiro atoms. The first-order chi connectivity index (χ1) is 13.2. The van der Waals surface area contributed by atoms with E-state index in [1.165, 1.54) is 27.7 Å². The molecule has 4 nitrogen and oxygen atoms in total. The third-order valence-electron chi connectivity index (χ3n) is 4.98. The van der Waals surface area contributed by atoms with Gasteiger partial charge < -0.3 is 5.32 Å². The second-order valence-corrected chi connectivity index (χ2v) is 7.79. The van der Waals surface area contributed by atoms with Crippen molar-refractivity contribution in [3.05, 3.63) is 82.6 Å². The van der Waals surface area contributed by atoms with Gasteiger partial charge in [0.2, 0.25) is 0 Å². The fourth-order valence-electron chi connectivity index (χ4n) is 3.60. The Kier molecular flexibility index (Phi) is 3.76. The van der Waals surface area contributed by atoms with Crippen LogP contribution < -0.4 is 5.32 Å². The van der Waals surface area contributed by atoms with Crippen molar-refractivity contribution >= 4 is 28.0 Å². The first-order valence-electron chi connectivity index (χ1n) is 8.90. The van der Waals surface area contributed by atoms with Crippen LogP contribution in [0.3, 0.4) is 0 Å². The summed E-state index contributed by atoms with van der Waals surface area (Å²) in [5, 5.41) is 6.32. The average molecular weight is 371 g/mol. The van der Waals surface area contributed by atoms with Crippen LogP contribution in [-0.4, -0.2) is 22.4 Å². The smallest absolute Gasteiger partial charge is 0.263 e. The Hall–Kier alpha value is -3.05. The summed E-state index contributed by atoms with van der Waals surface area (Å²) in [5.41, 5.74) is 4.00. The van der Waals surface area contributed by atoms with Crippen LogP contribution in [0, 0.1) is 6.92 Å². The van der Waals surface area contributed by atoms with Crippen molar-refractivity contribution in [2.75, 3.05) is 6.54 Å². The lowest BCUT2D eigenvalue weighted by molar-refractivity contribution is 0.0946. The molecule has 4 aromatic rings. The molecule has 0 fully saturated rings. The number of hydrogen-bond donors (Lipinski definition) is 1. The normalized spacial score (nSPS) is 16.2. The standard InChI is InChI=1S/C22H17N3OS/c1-13-10-17(8-9-23-13)22-25-19-18(12-24-21(26)20(19)27-22)16-7-6-14-4-2-3-5-15(14)11-16/h2-11,18H,12H2,1H3,(H,24,26). The van der Waals surface area contributed by atoms with E-state index in [2.05, 4.69) is 40.6 Å². The van der Waals surface area contributed by atoms with Gasteiger partial charge in [0.25, 0.3) is 5.91 Å². The van der Waals surface area contributed by atoms with E-state index >= 15 is 0 Å². The summed E-state index contributed by atoms with van der Waals surface area (Å²) >= 11 is 1.46. The highest BCUT2D eigenvalue weighted by Crippen LogP contribution is 2.37. The molecule has 0 aliphatic carbocycles. The van der Waals surface area contributed by atoms with Gasteiger partial charge in [0.15, 0.2) is 0 Å². The van der Waals surface area contributed by atoms with Gasteiger partial charge in [-0.15, -0.1) is 11.3 Å². The Balaban J connectivity index is 1.62. The fourth-order valence-corrected chi connectivity index (χ4v) is 4.64. The molecule has 2 aromatic heterocycles. The summed E-state index contributed by atoms with van der Waals surface area (Å²) < 4.78 is 0. The zero-order valence-electron chi connectivity index (χ0n) is 14.8. The Bertz CT molecular complexity index is 1180. The van der Waals surface area contributed by atoms with E-state index in [1.54, 1.807) is 6.20 Å². The zero-order chi connectivity index (χ0) is 18.4. The predicted octanol–water partition coefficient (Wildman–Crippen LogP) is 4.54. The number of aromatic nitrogens is 2. The number of thiazole rings is 1. The van der Waals surface area contributed by atoms with Gasteiger partial charge in [-0.3, -0.25) is 9.78 Å². The molecule has 2 aromatic carbocycles. The summed E-state index contributed by atoms with van der Waals surface area (Å²) in [6.07, 6.45) is 1.78. The van der Waals surface area contributed by atoms with E-state index in [1.807, 2.05) is 31.2 Å². The number of rotatable bonds is 2. The highest BCUT2D eigenvalue weighted by Gasteiger charge is 2.31. The number of nitrogens with zero attached hydrogens (tertiary/aromatic N) is 2. The Labute approximate surface area is 160 Å². The number of nitrogens with one attached hydrogen (secondary N) is 1. The minimum atomic E-state index is -0.0310. The van der Waals surface area contributed by atoms with Crippen LogP contribution in [0.5, 0.6) is 0 Å². The lowest BCUT2D eigenvalue weighted by Gasteiger charge is -2.22. The van der Waals surface area contributed by atoms with Crippen molar-refractivity contribution in [3.63, 3.8) is 0 Å². The van der Waals surface area contributed by atoms with Gasteiger partial charge in [-0.1, -0.05) is 42.5 Å². The predicted molar refractivity (Wildman–Crippen MR) is 108 cm³/mol. The molecule has 0 radical (unpaired) electrons. The number of carbonyl (C=O) groups is 1. The molecule has 1 N–H and O–H groups in total. The number of aryl methyl sites for hydroxylation is 1. The van der Waals surface area contributed by atoms with Gasteiger partial charge >= 0.3 is 0 Å². The third kappa shape index (κ3) is 2.80. The average Bonchev–Trinajstić information content (AvgIpc) is 3.14. The largest absolute Gasteiger partial charge is 0.350 e. The summed E-state index contributed by atoms with van der Waals surface area (Å²) in [6.45, 7) is 2.53. The molecule has 1 amide bonds. The van der Waals surface area contributed by atoms with Gasteiger partial charge in [0, 0.05) is 29.9 Å². The van der Waals surface area contributed by atoms with Crippen LogP contribution in [0.4, 0.5) is 0 Å². The van der Waals surface area contributed by atoms with E-state index in [0.717, 1.165) is 22.0 Å². The van der Waals surface area contributed by atoms with Crippen molar-refractivity contribution < 1.29 is 4.79 Å². The first kappa shape index (κ1) is 16.1. The molecule has 1 aliphatic heterocycles. The fraction of sp³-hybridized carbons (Fsp3) is 0.136. The molecule has 3 heterocycles. The van der Waals surface area contributed by atoms with Crippen LogP contribution in [0.2, 0.25) is 0 Å². The molecule has 27 heavy (non-hydrogen) atoms. The number of hydrogen-bond acceptors (Lipinski definition) is 4. The maximum Gasteiger partial charge on any atom is 0.263 e. The minimum Gasteiger partial charge on any atom is -0.350 e. The highest BCUT2D eigenvalue weighted by atomic mass is 32.1. The molecule has 5 rings (SSSR count). The zero-order valence-corrected chi connectivity index (χ0v) is 15.6. The van der Waals surface area contributed by atoms with E-state index < -0.39 is 0 Å². The van der Waals surface area contributed by atoms with Crippen LogP contribution in [0.1, 0.15) is 32.5 Å².